The predicted molar refractivity (Wildman–Crippen MR) is 81.6 cm³/mol. The second kappa shape index (κ2) is 5.69. The van der Waals surface area contributed by atoms with Crippen LogP contribution in [0, 0.1) is 10.1 Å². The highest BCUT2D eigenvalue weighted by atomic mass is 35.5. The number of nitro groups is 1. The van der Waals surface area contributed by atoms with Crippen molar-refractivity contribution in [2.75, 3.05) is 44.7 Å². The van der Waals surface area contributed by atoms with Gasteiger partial charge in [-0.1, -0.05) is 11.6 Å². The summed E-state index contributed by atoms with van der Waals surface area (Å²) in [4.78, 5) is 15.3. The van der Waals surface area contributed by atoms with Gasteiger partial charge in [0.05, 0.1) is 22.2 Å². The molecule has 0 bridgehead atoms. The molecule has 2 aliphatic rings. The molecule has 0 unspecified atom stereocenters. The Morgan fingerprint density at radius 2 is 2.05 bits per heavy atom. The van der Waals surface area contributed by atoms with Crippen LogP contribution in [-0.2, 0) is 6.42 Å². The van der Waals surface area contributed by atoms with E-state index in [4.69, 9.17) is 16.3 Å². The van der Waals surface area contributed by atoms with Gasteiger partial charge in [-0.15, -0.1) is 0 Å². The number of hydrogen-bond acceptors (Lipinski definition) is 5. The molecule has 1 saturated heterocycles. The van der Waals surface area contributed by atoms with E-state index in [1.54, 1.807) is 0 Å². The van der Waals surface area contributed by atoms with Crippen molar-refractivity contribution in [2.24, 2.45) is 0 Å². The molecule has 21 heavy (non-hydrogen) atoms. The van der Waals surface area contributed by atoms with Crippen molar-refractivity contribution in [3.8, 4) is 5.75 Å². The minimum Gasteiger partial charge on any atom is -0.487 e. The Morgan fingerprint density at radius 3 is 2.71 bits per heavy atom. The normalized spacial score (nSPS) is 19.0. The minimum absolute atomic E-state index is 0.0208. The number of likely N-dealkylation sites (N-methyl/N-ethyl adjacent to an activating group) is 1. The second-order valence-corrected chi connectivity index (χ2v) is 5.94. The van der Waals surface area contributed by atoms with Crippen LogP contribution in [-0.4, -0.2) is 49.7 Å². The third-order valence-corrected chi connectivity index (χ3v) is 4.40. The molecular weight excluding hydrogens is 294 g/mol. The van der Waals surface area contributed by atoms with Gasteiger partial charge in [-0.25, -0.2) is 0 Å². The van der Waals surface area contributed by atoms with Gasteiger partial charge in [-0.2, -0.15) is 0 Å². The first-order chi connectivity index (χ1) is 10.1. The molecule has 3 rings (SSSR count). The molecule has 2 heterocycles. The van der Waals surface area contributed by atoms with E-state index in [1.807, 2.05) is 0 Å². The second-order valence-electron chi connectivity index (χ2n) is 5.53. The Morgan fingerprint density at radius 1 is 1.33 bits per heavy atom. The van der Waals surface area contributed by atoms with Gasteiger partial charge in [0, 0.05) is 37.8 Å². The highest BCUT2D eigenvalue weighted by Gasteiger charge is 2.30. The van der Waals surface area contributed by atoms with Crippen LogP contribution in [0.2, 0.25) is 5.02 Å². The fourth-order valence-corrected chi connectivity index (χ4v) is 3.32. The number of ether oxygens (including phenoxy) is 1. The molecule has 0 amide bonds. The van der Waals surface area contributed by atoms with Gasteiger partial charge in [0.25, 0.3) is 0 Å². The molecule has 0 saturated carbocycles. The van der Waals surface area contributed by atoms with Gasteiger partial charge < -0.3 is 14.5 Å². The number of piperazine rings is 1. The van der Waals surface area contributed by atoms with Crippen LogP contribution in [0.1, 0.15) is 12.0 Å². The van der Waals surface area contributed by atoms with Gasteiger partial charge in [-0.3, -0.25) is 10.1 Å². The SMILES string of the molecule is CN1CCN(c2c(Cl)cc([N+](=O)[O-])c3c2CCCO3)CC1. The monoisotopic (exact) mass is 311 g/mol. The average molecular weight is 312 g/mol. The van der Waals surface area contributed by atoms with Crippen molar-refractivity contribution in [2.45, 2.75) is 12.8 Å². The van der Waals surface area contributed by atoms with Gasteiger partial charge >= 0.3 is 5.69 Å². The van der Waals surface area contributed by atoms with Crippen molar-refractivity contribution in [1.29, 1.82) is 0 Å². The lowest BCUT2D eigenvalue weighted by molar-refractivity contribution is -0.386. The van der Waals surface area contributed by atoms with Crippen molar-refractivity contribution in [3.63, 3.8) is 0 Å². The fourth-order valence-electron chi connectivity index (χ4n) is 2.98. The predicted octanol–water partition coefficient (Wildman–Crippen LogP) is 2.33. The average Bonchev–Trinajstić information content (AvgIpc) is 2.47. The van der Waals surface area contributed by atoms with E-state index >= 15 is 0 Å². The standard InChI is InChI=1S/C14H18ClN3O3/c1-16-4-6-17(7-5-16)13-10-3-2-8-21-14(10)12(18(19)20)9-11(13)15/h9H,2-8H2,1H3. The van der Waals surface area contributed by atoms with Crippen LogP contribution in [0.3, 0.4) is 0 Å². The van der Waals surface area contributed by atoms with Crippen molar-refractivity contribution < 1.29 is 9.66 Å². The number of halogens is 1. The summed E-state index contributed by atoms with van der Waals surface area (Å²) in [5.41, 5.74) is 1.79. The van der Waals surface area contributed by atoms with E-state index in [-0.39, 0.29) is 5.69 Å². The van der Waals surface area contributed by atoms with Crippen LogP contribution in [0.5, 0.6) is 5.75 Å². The Hall–Kier alpha value is -1.53. The fraction of sp³-hybridized carbons (Fsp3) is 0.571. The third kappa shape index (κ3) is 2.65. The highest BCUT2D eigenvalue weighted by Crippen LogP contribution is 2.45. The number of fused-ring (bicyclic) bond motifs is 1. The molecule has 1 aromatic carbocycles. The van der Waals surface area contributed by atoms with Gasteiger partial charge in [0.1, 0.15) is 0 Å². The van der Waals surface area contributed by atoms with Crippen LogP contribution in [0.4, 0.5) is 11.4 Å². The van der Waals surface area contributed by atoms with Crippen LogP contribution in [0.25, 0.3) is 0 Å². The van der Waals surface area contributed by atoms with Crippen molar-refractivity contribution in [1.82, 2.24) is 4.90 Å². The molecule has 0 aromatic heterocycles. The number of anilines is 1. The lowest BCUT2D eigenvalue weighted by atomic mass is 10.0. The Kier molecular flexibility index (Phi) is 3.91. The largest absolute Gasteiger partial charge is 0.487 e. The smallest absolute Gasteiger partial charge is 0.312 e. The Bertz CT molecular complexity index is 571. The molecule has 0 radical (unpaired) electrons. The molecule has 0 spiro atoms. The topological polar surface area (TPSA) is 58.9 Å². The lowest BCUT2D eigenvalue weighted by Crippen LogP contribution is -2.45. The number of benzene rings is 1. The van der Waals surface area contributed by atoms with Crippen molar-refractivity contribution in [3.05, 3.63) is 26.8 Å². The number of nitro benzene ring substituents is 1. The maximum atomic E-state index is 11.2. The molecule has 2 aliphatic heterocycles. The molecule has 1 fully saturated rings. The van der Waals surface area contributed by atoms with Crippen molar-refractivity contribution >= 4 is 23.0 Å². The molecule has 6 nitrogen and oxygen atoms in total. The molecule has 0 atom stereocenters. The van der Waals surface area contributed by atoms with Gasteiger partial charge in [0.15, 0.2) is 0 Å². The summed E-state index contributed by atoms with van der Waals surface area (Å²) in [5, 5.41) is 11.7. The lowest BCUT2D eigenvalue weighted by Gasteiger charge is -2.36. The van der Waals surface area contributed by atoms with Crippen LogP contribution < -0.4 is 9.64 Å². The zero-order valence-corrected chi connectivity index (χ0v) is 12.7. The summed E-state index contributed by atoms with van der Waals surface area (Å²) < 4.78 is 5.59. The first-order valence-electron chi connectivity index (χ1n) is 7.14. The van der Waals surface area contributed by atoms with E-state index in [0.29, 0.717) is 17.4 Å². The quantitative estimate of drug-likeness (QED) is 0.620. The Balaban J connectivity index is 2.06. The zero-order chi connectivity index (χ0) is 15.0. The van der Waals surface area contributed by atoms with E-state index in [1.165, 1.54) is 6.07 Å². The number of rotatable bonds is 2. The Labute approximate surface area is 128 Å². The summed E-state index contributed by atoms with van der Waals surface area (Å²) in [5.74, 6) is 0.407. The van der Waals surface area contributed by atoms with Crippen LogP contribution in [0.15, 0.2) is 6.07 Å². The summed E-state index contributed by atoms with van der Waals surface area (Å²) in [7, 11) is 2.09. The van der Waals surface area contributed by atoms with Gasteiger partial charge in [-0.05, 0) is 19.9 Å². The molecule has 0 N–H and O–H groups in total. The summed E-state index contributed by atoms with van der Waals surface area (Å²) in [6, 6.07) is 1.43. The number of hydrogen-bond donors (Lipinski definition) is 0. The molecule has 114 valence electrons. The molecule has 0 aliphatic carbocycles. The molecule has 1 aromatic rings. The van der Waals surface area contributed by atoms with Crippen LogP contribution >= 0.6 is 11.6 Å². The third-order valence-electron chi connectivity index (χ3n) is 4.12. The van der Waals surface area contributed by atoms with E-state index in [0.717, 1.165) is 50.3 Å². The minimum atomic E-state index is -0.413. The van der Waals surface area contributed by atoms with E-state index in [2.05, 4.69) is 16.8 Å². The summed E-state index contributed by atoms with van der Waals surface area (Å²) in [6.07, 6.45) is 1.64. The maximum Gasteiger partial charge on any atom is 0.312 e. The summed E-state index contributed by atoms with van der Waals surface area (Å²) in [6.45, 7) is 4.20. The number of nitrogens with zero attached hydrogens (tertiary/aromatic N) is 3. The summed E-state index contributed by atoms with van der Waals surface area (Å²) >= 11 is 6.36. The molecular formula is C14H18ClN3O3. The first-order valence-corrected chi connectivity index (χ1v) is 7.52. The van der Waals surface area contributed by atoms with E-state index < -0.39 is 4.92 Å². The highest BCUT2D eigenvalue weighted by molar-refractivity contribution is 6.33. The zero-order valence-electron chi connectivity index (χ0n) is 12.0. The molecule has 7 heteroatoms. The maximum absolute atomic E-state index is 11.2. The van der Waals surface area contributed by atoms with Gasteiger partial charge in [0.2, 0.25) is 5.75 Å². The van der Waals surface area contributed by atoms with E-state index in [9.17, 15) is 10.1 Å². The first kappa shape index (κ1) is 14.4.